The molecule has 0 aliphatic heterocycles. The molecule has 0 saturated heterocycles. The molecule has 0 aromatic heterocycles. The van der Waals surface area contributed by atoms with Crippen molar-refractivity contribution in [1.29, 1.82) is 0 Å². The van der Waals surface area contributed by atoms with Crippen LogP contribution < -0.4 is 10.6 Å². The number of amides is 1. The third-order valence-electron chi connectivity index (χ3n) is 3.21. The van der Waals surface area contributed by atoms with Crippen LogP contribution in [0.1, 0.15) is 56.8 Å². The number of hydrogen-bond acceptors (Lipinski definition) is 2. The van der Waals surface area contributed by atoms with Crippen LogP contribution >= 0.6 is 11.6 Å². The first kappa shape index (κ1) is 16.8. The van der Waals surface area contributed by atoms with E-state index in [2.05, 4.69) is 17.6 Å². The van der Waals surface area contributed by atoms with Crippen molar-refractivity contribution < 1.29 is 4.79 Å². The molecule has 0 fully saturated rings. The molecule has 4 heteroatoms. The average molecular weight is 297 g/mol. The van der Waals surface area contributed by atoms with Gasteiger partial charge in [-0.15, -0.1) is 0 Å². The van der Waals surface area contributed by atoms with Crippen LogP contribution in [0.15, 0.2) is 18.2 Å². The van der Waals surface area contributed by atoms with E-state index < -0.39 is 0 Å². The van der Waals surface area contributed by atoms with Crippen molar-refractivity contribution in [3.8, 4) is 0 Å². The molecule has 1 rings (SSSR count). The van der Waals surface area contributed by atoms with E-state index in [0.717, 1.165) is 25.1 Å². The smallest absolute Gasteiger partial charge is 0.253 e. The third kappa shape index (κ3) is 5.41. The van der Waals surface area contributed by atoms with Crippen LogP contribution in [0.5, 0.6) is 0 Å². The minimum Gasteiger partial charge on any atom is -0.385 e. The number of hydrogen-bond donors (Lipinski definition) is 2. The highest BCUT2D eigenvalue weighted by Crippen LogP contribution is 2.21. The van der Waals surface area contributed by atoms with Gasteiger partial charge in [-0.25, -0.2) is 0 Å². The topological polar surface area (TPSA) is 41.1 Å². The summed E-state index contributed by atoms with van der Waals surface area (Å²) in [6.45, 7) is 7.00. The maximum atomic E-state index is 12.3. The molecule has 1 aromatic rings. The number of carbonyl (C=O) groups excluding carboxylic acids is 1. The van der Waals surface area contributed by atoms with Crippen molar-refractivity contribution in [2.45, 2.75) is 52.5 Å². The molecule has 1 unspecified atom stereocenters. The minimum atomic E-state index is -0.0625. The Balaban J connectivity index is 2.68. The monoisotopic (exact) mass is 296 g/mol. The van der Waals surface area contributed by atoms with E-state index in [-0.39, 0.29) is 11.9 Å². The minimum absolute atomic E-state index is 0.0625. The van der Waals surface area contributed by atoms with Crippen LogP contribution in [0.25, 0.3) is 0 Å². The molecule has 0 spiro atoms. The highest BCUT2D eigenvalue weighted by atomic mass is 35.5. The van der Waals surface area contributed by atoms with Gasteiger partial charge in [0, 0.05) is 23.3 Å². The number of halogens is 1. The lowest BCUT2D eigenvalue weighted by molar-refractivity contribution is 0.0938. The lowest BCUT2D eigenvalue weighted by Crippen LogP contribution is -2.33. The van der Waals surface area contributed by atoms with Gasteiger partial charge in [0.05, 0.1) is 5.56 Å². The van der Waals surface area contributed by atoms with Crippen LogP contribution in [0, 0.1) is 0 Å². The van der Waals surface area contributed by atoms with Crippen LogP contribution in [-0.4, -0.2) is 18.5 Å². The molecule has 0 saturated carbocycles. The molecule has 0 heterocycles. The highest BCUT2D eigenvalue weighted by Gasteiger charge is 2.14. The van der Waals surface area contributed by atoms with Gasteiger partial charge >= 0.3 is 0 Å². The summed E-state index contributed by atoms with van der Waals surface area (Å²) in [5, 5.41) is 6.81. The predicted molar refractivity (Wildman–Crippen MR) is 86.7 cm³/mol. The molecule has 20 heavy (non-hydrogen) atoms. The molecular formula is C16H25ClN2O. The van der Waals surface area contributed by atoms with E-state index in [1.807, 2.05) is 19.9 Å². The summed E-state index contributed by atoms with van der Waals surface area (Å²) in [6.07, 6.45) is 4.56. The van der Waals surface area contributed by atoms with E-state index in [0.29, 0.717) is 10.6 Å². The molecule has 1 atom stereocenters. The third-order valence-corrected chi connectivity index (χ3v) is 3.45. The average Bonchev–Trinajstić information content (AvgIpc) is 2.41. The maximum Gasteiger partial charge on any atom is 0.253 e. The first-order valence-electron chi connectivity index (χ1n) is 7.42. The molecule has 0 aliphatic rings. The summed E-state index contributed by atoms with van der Waals surface area (Å²) in [5.41, 5.74) is 1.44. The van der Waals surface area contributed by atoms with E-state index in [1.54, 1.807) is 12.1 Å². The fraction of sp³-hybridized carbons (Fsp3) is 0.562. The lowest BCUT2D eigenvalue weighted by Gasteiger charge is -2.16. The van der Waals surface area contributed by atoms with Crippen LogP contribution in [0.2, 0.25) is 5.02 Å². The zero-order valence-electron chi connectivity index (χ0n) is 12.6. The Morgan fingerprint density at radius 2 is 2.05 bits per heavy atom. The van der Waals surface area contributed by atoms with Gasteiger partial charge in [-0.2, -0.15) is 0 Å². The van der Waals surface area contributed by atoms with E-state index in [1.165, 1.54) is 12.8 Å². The van der Waals surface area contributed by atoms with Crippen LogP contribution in [0.3, 0.4) is 0 Å². The first-order valence-corrected chi connectivity index (χ1v) is 7.80. The van der Waals surface area contributed by atoms with Gasteiger partial charge in [-0.1, -0.05) is 37.8 Å². The van der Waals surface area contributed by atoms with Gasteiger partial charge < -0.3 is 10.6 Å². The van der Waals surface area contributed by atoms with Crippen molar-refractivity contribution in [2.75, 3.05) is 11.9 Å². The Hall–Kier alpha value is -1.22. The Kier molecular flexibility index (Phi) is 7.45. The molecule has 2 N–H and O–H groups in total. The molecule has 0 aliphatic carbocycles. The molecule has 0 radical (unpaired) electrons. The van der Waals surface area contributed by atoms with E-state index in [4.69, 9.17) is 11.6 Å². The standard InChI is InChI=1S/C16H25ClN2O/c1-4-6-7-8-12(3)19-16(20)14-11-13(17)9-10-15(14)18-5-2/h9-12,18H,4-8H2,1-3H3,(H,19,20). The predicted octanol–water partition coefficient (Wildman–Crippen LogP) is 4.47. The van der Waals surface area contributed by atoms with Gasteiger partial charge in [0.1, 0.15) is 0 Å². The SMILES string of the molecule is CCCCCC(C)NC(=O)c1cc(Cl)ccc1NCC. The van der Waals surface area contributed by atoms with Crippen LogP contribution in [-0.2, 0) is 0 Å². The Bertz CT molecular complexity index is 434. The number of anilines is 1. The van der Waals surface area contributed by atoms with Crippen molar-refractivity contribution in [3.63, 3.8) is 0 Å². The zero-order valence-corrected chi connectivity index (χ0v) is 13.4. The summed E-state index contributed by atoms with van der Waals surface area (Å²) >= 11 is 5.99. The van der Waals surface area contributed by atoms with E-state index >= 15 is 0 Å². The molecule has 3 nitrogen and oxygen atoms in total. The molecule has 0 bridgehead atoms. The van der Waals surface area contributed by atoms with Crippen molar-refractivity contribution in [1.82, 2.24) is 5.32 Å². The molecule has 1 amide bonds. The van der Waals surface area contributed by atoms with Gasteiger partial charge in [0.15, 0.2) is 0 Å². The summed E-state index contributed by atoms with van der Waals surface area (Å²) in [4.78, 5) is 12.3. The quantitative estimate of drug-likeness (QED) is 0.695. The number of benzene rings is 1. The summed E-state index contributed by atoms with van der Waals surface area (Å²) < 4.78 is 0. The van der Waals surface area contributed by atoms with E-state index in [9.17, 15) is 4.79 Å². The summed E-state index contributed by atoms with van der Waals surface area (Å²) in [6, 6.07) is 5.54. The second kappa shape index (κ2) is 8.85. The number of carbonyl (C=O) groups is 1. The van der Waals surface area contributed by atoms with Crippen molar-refractivity contribution in [2.24, 2.45) is 0 Å². The molecule has 1 aromatic carbocycles. The van der Waals surface area contributed by atoms with Gasteiger partial charge in [0.25, 0.3) is 5.91 Å². The van der Waals surface area contributed by atoms with Crippen LogP contribution in [0.4, 0.5) is 5.69 Å². The second-order valence-corrected chi connectivity index (χ2v) is 5.53. The fourth-order valence-electron chi connectivity index (χ4n) is 2.12. The Morgan fingerprint density at radius 3 is 2.70 bits per heavy atom. The lowest BCUT2D eigenvalue weighted by atomic mass is 10.1. The largest absolute Gasteiger partial charge is 0.385 e. The van der Waals surface area contributed by atoms with Crippen molar-refractivity contribution >= 4 is 23.2 Å². The summed E-state index contributed by atoms with van der Waals surface area (Å²) in [7, 11) is 0. The highest BCUT2D eigenvalue weighted by molar-refractivity contribution is 6.31. The van der Waals surface area contributed by atoms with Gasteiger partial charge in [-0.3, -0.25) is 4.79 Å². The van der Waals surface area contributed by atoms with Crippen molar-refractivity contribution in [3.05, 3.63) is 28.8 Å². The first-order chi connectivity index (χ1) is 9.58. The van der Waals surface area contributed by atoms with Gasteiger partial charge in [-0.05, 0) is 38.5 Å². The Labute approximate surface area is 127 Å². The van der Waals surface area contributed by atoms with Gasteiger partial charge in [0.2, 0.25) is 0 Å². The zero-order chi connectivity index (χ0) is 15.0. The normalized spacial score (nSPS) is 12.0. The maximum absolute atomic E-state index is 12.3. The Morgan fingerprint density at radius 1 is 1.30 bits per heavy atom. The fourth-order valence-corrected chi connectivity index (χ4v) is 2.30. The number of rotatable bonds is 8. The summed E-state index contributed by atoms with van der Waals surface area (Å²) in [5.74, 6) is -0.0625. The molecular weight excluding hydrogens is 272 g/mol. The second-order valence-electron chi connectivity index (χ2n) is 5.09. The molecule has 112 valence electrons. The number of unbranched alkanes of at least 4 members (excludes halogenated alkanes) is 2. The number of nitrogens with one attached hydrogen (secondary N) is 2.